The third kappa shape index (κ3) is 66.6. The fraction of sp³-hybridized carbons (Fsp3) is 0.680. The van der Waals surface area contributed by atoms with Gasteiger partial charge in [-0.25, -0.2) is 0 Å². The number of aliphatic hydroxyl groups is 1. The number of unbranched alkanes of at least 4 members (excludes halogenated alkanes) is 31. The second-order valence-corrected chi connectivity index (χ2v) is 22.2. The second kappa shape index (κ2) is 69.3. The van der Waals surface area contributed by atoms with Crippen molar-refractivity contribution in [3.8, 4) is 0 Å². The van der Waals surface area contributed by atoms with Gasteiger partial charge in [0.15, 0.2) is 6.10 Å². The number of esters is 2. The summed E-state index contributed by atoms with van der Waals surface area (Å²) in [7, 11) is 0. The minimum absolute atomic E-state index is 0.0768. The number of ether oxygens (including phenoxy) is 2. The maximum Gasteiger partial charge on any atom is 0.306 e. The zero-order valence-electron chi connectivity index (χ0n) is 52.3. The maximum absolute atomic E-state index is 12.4. The third-order valence-electron chi connectivity index (χ3n) is 14.4. The van der Waals surface area contributed by atoms with Gasteiger partial charge in [-0.3, -0.25) is 9.59 Å². The quantitative estimate of drug-likeness (QED) is 0.0373. The zero-order valence-corrected chi connectivity index (χ0v) is 52.3. The molecule has 1 atom stereocenters. The van der Waals surface area contributed by atoms with Crippen LogP contribution in [0, 0.1) is 0 Å². The van der Waals surface area contributed by atoms with E-state index < -0.39 is 6.10 Å². The third-order valence-corrected chi connectivity index (χ3v) is 14.4. The van der Waals surface area contributed by atoms with Gasteiger partial charge in [0.25, 0.3) is 0 Å². The molecule has 0 fully saturated rings. The van der Waals surface area contributed by atoms with E-state index in [1.165, 1.54) is 173 Å². The fourth-order valence-electron chi connectivity index (χ4n) is 9.40. The first-order valence-corrected chi connectivity index (χ1v) is 33.7. The SMILES string of the molecule is CC/C=C\C/C=C\C/C=C\C/C=C\C/C=C\C/C=C\C/C=C\C/C=C\C/C=C\C/C=C\CCCCCCCCC(=O)OC(CO)COC(=O)CCCCCCCCCCCCCCCCCCC/C=C\CCCCCCCCCC. The summed E-state index contributed by atoms with van der Waals surface area (Å²) < 4.78 is 10.7. The maximum atomic E-state index is 12.4. The Morgan fingerprint density at radius 1 is 0.300 bits per heavy atom. The summed E-state index contributed by atoms with van der Waals surface area (Å²) in [6.45, 7) is 4.04. The number of rotatable bonds is 61. The molecule has 0 saturated heterocycles. The van der Waals surface area contributed by atoms with E-state index in [2.05, 4.69) is 148 Å². The lowest BCUT2D eigenvalue weighted by Gasteiger charge is -2.15. The van der Waals surface area contributed by atoms with E-state index in [9.17, 15) is 14.7 Å². The van der Waals surface area contributed by atoms with E-state index >= 15 is 0 Å². The highest BCUT2D eigenvalue weighted by Gasteiger charge is 2.16. The Kier molecular flexibility index (Phi) is 65.9. The van der Waals surface area contributed by atoms with Crippen LogP contribution in [-0.2, 0) is 19.1 Å². The summed E-state index contributed by atoms with van der Waals surface area (Å²) in [6.07, 6.45) is 103. The molecule has 5 heteroatoms. The minimum atomic E-state index is -0.790. The molecule has 0 aromatic carbocycles. The average molecular weight is 1110 g/mol. The lowest BCUT2D eigenvalue weighted by Crippen LogP contribution is -2.28. The molecule has 1 N–H and O–H groups in total. The zero-order chi connectivity index (χ0) is 57.6. The van der Waals surface area contributed by atoms with Crippen LogP contribution in [0.1, 0.15) is 309 Å². The largest absolute Gasteiger partial charge is 0.462 e. The van der Waals surface area contributed by atoms with Crippen LogP contribution in [0.25, 0.3) is 0 Å². The van der Waals surface area contributed by atoms with E-state index in [4.69, 9.17) is 9.47 Å². The van der Waals surface area contributed by atoms with Crippen molar-refractivity contribution in [3.63, 3.8) is 0 Å². The Morgan fingerprint density at radius 2 is 0.537 bits per heavy atom. The summed E-state index contributed by atoms with van der Waals surface area (Å²) in [6, 6.07) is 0. The van der Waals surface area contributed by atoms with Crippen molar-refractivity contribution in [1.29, 1.82) is 0 Å². The molecule has 0 rings (SSSR count). The summed E-state index contributed by atoms with van der Waals surface area (Å²) >= 11 is 0. The molecule has 456 valence electrons. The molecule has 0 heterocycles. The highest BCUT2D eigenvalue weighted by Crippen LogP contribution is 2.17. The molecule has 80 heavy (non-hydrogen) atoms. The van der Waals surface area contributed by atoms with Crippen molar-refractivity contribution in [2.75, 3.05) is 13.2 Å². The molecule has 0 spiro atoms. The van der Waals surface area contributed by atoms with Crippen molar-refractivity contribution < 1.29 is 24.2 Å². The summed E-state index contributed by atoms with van der Waals surface area (Å²) in [5, 5.41) is 9.69. The molecule has 0 aliphatic rings. The number of carbonyl (C=O) groups excluding carboxylic acids is 2. The van der Waals surface area contributed by atoms with Crippen LogP contribution in [-0.4, -0.2) is 36.4 Å². The van der Waals surface area contributed by atoms with Crippen LogP contribution in [0.2, 0.25) is 0 Å². The van der Waals surface area contributed by atoms with Gasteiger partial charge in [0.05, 0.1) is 6.61 Å². The average Bonchev–Trinajstić information content (AvgIpc) is 3.46. The number of aliphatic hydroxyl groups excluding tert-OH is 1. The van der Waals surface area contributed by atoms with Crippen molar-refractivity contribution in [3.05, 3.63) is 134 Å². The molecule has 0 radical (unpaired) electrons. The first-order chi connectivity index (χ1) is 39.6. The predicted molar refractivity (Wildman–Crippen MR) is 352 cm³/mol. The molecule has 0 aliphatic heterocycles. The fourth-order valence-corrected chi connectivity index (χ4v) is 9.40. The first-order valence-electron chi connectivity index (χ1n) is 33.7. The van der Waals surface area contributed by atoms with E-state index in [-0.39, 0.29) is 25.2 Å². The molecule has 1 unspecified atom stereocenters. The molecule has 0 aromatic rings. The summed E-state index contributed by atoms with van der Waals surface area (Å²) in [5.74, 6) is -0.605. The Labute approximate surface area is 496 Å². The van der Waals surface area contributed by atoms with Crippen LogP contribution in [0.4, 0.5) is 0 Å². The molecule has 0 bridgehead atoms. The van der Waals surface area contributed by atoms with Crippen LogP contribution < -0.4 is 0 Å². The smallest absolute Gasteiger partial charge is 0.306 e. The topological polar surface area (TPSA) is 72.8 Å². The number of hydrogen-bond donors (Lipinski definition) is 1. The van der Waals surface area contributed by atoms with Gasteiger partial charge in [-0.15, -0.1) is 0 Å². The van der Waals surface area contributed by atoms with Crippen molar-refractivity contribution in [1.82, 2.24) is 0 Å². The second-order valence-electron chi connectivity index (χ2n) is 22.2. The summed E-state index contributed by atoms with van der Waals surface area (Å²) in [5.41, 5.74) is 0. The monoisotopic (exact) mass is 1110 g/mol. The van der Waals surface area contributed by atoms with Crippen molar-refractivity contribution >= 4 is 11.9 Å². The molecule has 0 amide bonds. The van der Waals surface area contributed by atoms with E-state index in [0.29, 0.717) is 12.8 Å². The van der Waals surface area contributed by atoms with Crippen molar-refractivity contribution in [2.45, 2.75) is 315 Å². The van der Waals surface area contributed by atoms with E-state index in [1.54, 1.807) is 0 Å². The van der Waals surface area contributed by atoms with Gasteiger partial charge in [-0.2, -0.15) is 0 Å². The Hall–Kier alpha value is -3.96. The van der Waals surface area contributed by atoms with Gasteiger partial charge in [0.1, 0.15) is 6.61 Å². The lowest BCUT2D eigenvalue weighted by molar-refractivity contribution is -0.161. The molecule has 0 saturated carbocycles. The number of allylic oxidation sites excluding steroid dienone is 22. The first kappa shape index (κ1) is 76.0. The van der Waals surface area contributed by atoms with Crippen LogP contribution in [0.5, 0.6) is 0 Å². The summed E-state index contributed by atoms with van der Waals surface area (Å²) in [4.78, 5) is 24.6. The molecular formula is C75H126O5. The van der Waals surface area contributed by atoms with Gasteiger partial charge in [0.2, 0.25) is 0 Å². The van der Waals surface area contributed by atoms with E-state index in [1.807, 2.05) is 0 Å². The Bertz CT molecular complexity index is 1630. The van der Waals surface area contributed by atoms with E-state index in [0.717, 1.165) is 109 Å². The normalized spacial score (nSPS) is 13.1. The Balaban J connectivity index is 3.56. The van der Waals surface area contributed by atoms with Crippen LogP contribution in [0.15, 0.2) is 134 Å². The minimum Gasteiger partial charge on any atom is -0.462 e. The Morgan fingerprint density at radius 3 is 0.825 bits per heavy atom. The standard InChI is InChI=1S/C75H126O5/c1-3-5-7-9-11-13-15-17-19-21-23-25-27-29-31-33-34-35-36-37-38-39-40-42-44-46-48-50-52-54-56-58-60-62-64-66-68-70-75(78)80-73(71-76)72-79-74(77)69-67-65-63-61-59-57-55-53-51-49-47-45-43-41-32-30-28-26-24-22-20-18-16-14-12-10-8-6-4-2/h5,7,11,13,17,19,22-25,29,31,34-35,37-38,40,42,46,48,52,54,73,76H,3-4,6,8-10,12,14-16,18,20-21,26-28,30,32-33,36,39,41,43-45,47,49-51,53,55-72H2,1-2H3/b7-5-,13-11-,19-17-,24-22-,25-23-,31-29-,35-34-,38-37-,42-40-,48-46-,54-52-. The molecule has 5 nitrogen and oxygen atoms in total. The highest BCUT2D eigenvalue weighted by molar-refractivity contribution is 5.70. The predicted octanol–water partition coefficient (Wildman–Crippen LogP) is 23.5. The lowest BCUT2D eigenvalue weighted by atomic mass is 10.0. The van der Waals surface area contributed by atoms with Crippen LogP contribution >= 0.6 is 0 Å². The van der Waals surface area contributed by atoms with Crippen LogP contribution in [0.3, 0.4) is 0 Å². The highest BCUT2D eigenvalue weighted by atomic mass is 16.6. The van der Waals surface area contributed by atoms with Gasteiger partial charge in [-0.1, -0.05) is 314 Å². The van der Waals surface area contributed by atoms with Gasteiger partial charge in [0, 0.05) is 12.8 Å². The van der Waals surface area contributed by atoms with Crippen molar-refractivity contribution in [2.24, 2.45) is 0 Å². The number of hydrogen-bond acceptors (Lipinski definition) is 5. The van der Waals surface area contributed by atoms with Gasteiger partial charge >= 0.3 is 11.9 Å². The molecular weight excluding hydrogens is 981 g/mol. The number of carbonyl (C=O) groups is 2. The molecule has 0 aliphatic carbocycles. The van der Waals surface area contributed by atoms with Gasteiger partial charge in [-0.05, 0) is 116 Å². The van der Waals surface area contributed by atoms with Gasteiger partial charge < -0.3 is 14.6 Å². The molecule has 0 aromatic heterocycles.